The van der Waals surface area contributed by atoms with Gasteiger partial charge in [-0.15, -0.1) is 0 Å². The fourth-order valence-corrected chi connectivity index (χ4v) is 2.11. The number of hydrogen-bond donors (Lipinski definition) is 1. The lowest BCUT2D eigenvalue weighted by atomic mass is 10.1. The maximum Gasteiger partial charge on any atom is 0.126 e. The van der Waals surface area contributed by atoms with Gasteiger partial charge in [0.2, 0.25) is 0 Å². The number of halogens is 2. The zero-order valence-corrected chi connectivity index (χ0v) is 11.6. The second-order valence-corrected chi connectivity index (χ2v) is 4.87. The van der Waals surface area contributed by atoms with Gasteiger partial charge in [0.25, 0.3) is 0 Å². The third-order valence-electron chi connectivity index (χ3n) is 3.27. The fourth-order valence-electron chi connectivity index (χ4n) is 2.11. The molecule has 106 valence electrons. The minimum atomic E-state index is -0.518. The molecule has 0 bridgehead atoms. The summed E-state index contributed by atoms with van der Waals surface area (Å²) in [7, 11) is 0. The summed E-state index contributed by atoms with van der Waals surface area (Å²) in [6.07, 6.45) is 1.65. The lowest BCUT2D eigenvalue weighted by molar-refractivity contribution is 0.577. The highest BCUT2D eigenvalue weighted by atomic mass is 19.1. The van der Waals surface area contributed by atoms with Gasteiger partial charge in [-0.05, 0) is 48.2 Å². The van der Waals surface area contributed by atoms with Crippen LogP contribution in [0.25, 0.3) is 0 Å². The molecule has 0 aliphatic carbocycles. The molecular formula is C17H19F2N. The Kier molecular flexibility index (Phi) is 5.24. The van der Waals surface area contributed by atoms with Gasteiger partial charge in [0.05, 0.1) is 0 Å². The monoisotopic (exact) mass is 275 g/mol. The zero-order valence-electron chi connectivity index (χ0n) is 11.6. The fraction of sp³-hybridized carbons (Fsp3) is 0.294. The Hall–Kier alpha value is -1.74. The topological polar surface area (TPSA) is 12.0 Å². The van der Waals surface area contributed by atoms with Gasteiger partial charge in [0.15, 0.2) is 0 Å². The molecule has 0 spiro atoms. The summed E-state index contributed by atoms with van der Waals surface area (Å²) in [5.74, 6) is -1.04. The Morgan fingerprint density at radius 1 is 0.850 bits per heavy atom. The van der Waals surface area contributed by atoms with Gasteiger partial charge in [0.1, 0.15) is 11.6 Å². The molecule has 0 radical (unpaired) electrons. The van der Waals surface area contributed by atoms with Gasteiger partial charge in [-0.1, -0.05) is 31.2 Å². The zero-order chi connectivity index (χ0) is 14.4. The van der Waals surface area contributed by atoms with E-state index in [4.69, 9.17) is 0 Å². The van der Waals surface area contributed by atoms with Crippen LogP contribution in [0.1, 0.15) is 23.6 Å². The van der Waals surface area contributed by atoms with Crippen LogP contribution in [0.2, 0.25) is 0 Å². The first-order chi connectivity index (χ1) is 9.67. The van der Waals surface area contributed by atoms with Gasteiger partial charge >= 0.3 is 0 Å². The highest BCUT2D eigenvalue weighted by Gasteiger charge is 2.00. The standard InChI is InChI=1S/C17H19F2N/c1-2-13-3-5-14(6-4-13)12-20-8-7-15-9-16(18)11-17(19)10-15/h3-6,9-11,20H,2,7-8,12H2,1H3. The van der Waals surface area contributed by atoms with E-state index in [1.54, 1.807) is 0 Å². The molecule has 2 rings (SSSR count). The molecule has 0 aliphatic rings. The molecule has 0 saturated carbocycles. The predicted molar refractivity (Wildman–Crippen MR) is 77.6 cm³/mol. The summed E-state index contributed by atoms with van der Waals surface area (Å²) in [5.41, 5.74) is 3.22. The molecule has 2 aromatic carbocycles. The van der Waals surface area contributed by atoms with Gasteiger partial charge in [0, 0.05) is 12.6 Å². The highest BCUT2D eigenvalue weighted by molar-refractivity contribution is 5.22. The number of aryl methyl sites for hydroxylation is 1. The van der Waals surface area contributed by atoms with Gasteiger partial charge in [-0.3, -0.25) is 0 Å². The van der Waals surface area contributed by atoms with Gasteiger partial charge in [-0.25, -0.2) is 8.78 Å². The molecule has 0 heterocycles. The average Bonchev–Trinajstić information content (AvgIpc) is 2.43. The minimum Gasteiger partial charge on any atom is -0.312 e. The van der Waals surface area contributed by atoms with Crippen molar-refractivity contribution < 1.29 is 8.78 Å². The maximum absolute atomic E-state index is 13.0. The largest absolute Gasteiger partial charge is 0.312 e. The third kappa shape index (κ3) is 4.42. The van der Waals surface area contributed by atoms with Crippen LogP contribution in [-0.2, 0) is 19.4 Å². The van der Waals surface area contributed by atoms with Crippen molar-refractivity contribution in [2.24, 2.45) is 0 Å². The first kappa shape index (κ1) is 14.7. The van der Waals surface area contributed by atoms with Gasteiger partial charge in [-0.2, -0.15) is 0 Å². The van der Waals surface area contributed by atoms with Crippen molar-refractivity contribution in [2.75, 3.05) is 6.54 Å². The van der Waals surface area contributed by atoms with E-state index in [2.05, 4.69) is 36.5 Å². The lowest BCUT2D eigenvalue weighted by Gasteiger charge is -2.06. The summed E-state index contributed by atoms with van der Waals surface area (Å²) in [5, 5.41) is 3.28. The van der Waals surface area contributed by atoms with Crippen molar-refractivity contribution in [2.45, 2.75) is 26.3 Å². The lowest BCUT2D eigenvalue weighted by Crippen LogP contribution is -2.16. The van der Waals surface area contributed by atoms with Crippen LogP contribution in [0, 0.1) is 11.6 Å². The highest BCUT2D eigenvalue weighted by Crippen LogP contribution is 2.08. The second kappa shape index (κ2) is 7.15. The molecule has 20 heavy (non-hydrogen) atoms. The van der Waals surface area contributed by atoms with Crippen LogP contribution < -0.4 is 5.32 Å². The van der Waals surface area contributed by atoms with E-state index in [9.17, 15) is 8.78 Å². The Bertz CT molecular complexity index is 529. The van der Waals surface area contributed by atoms with E-state index >= 15 is 0 Å². The SMILES string of the molecule is CCc1ccc(CNCCc2cc(F)cc(F)c2)cc1. The van der Waals surface area contributed by atoms with Crippen molar-refractivity contribution in [1.82, 2.24) is 5.32 Å². The van der Waals surface area contributed by atoms with Crippen molar-refractivity contribution in [1.29, 1.82) is 0 Å². The Morgan fingerprint density at radius 2 is 1.45 bits per heavy atom. The van der Waals surface area contributed by atoms with Gasteiger partial charge < -0.3 is 5.32 Å². The normalized spacial score (nSPS) is 10.8. The van der Waals surface area contributed by atoms with Crippen LogP contribution in [-0.4, -0.2) is 6.54 Å². The molecule has 3 heteroatoms. The average molecular weight is 275 g/mol. The van der Waals surface area contributed by atoms with E-state index in [0.29, 0.717) is 18.5 Å². The van der Waals surface area contributed by atoms with E-state index in [1.807, 2.05) is 0 Å². The van der Waals surface area contributed by atoms with E-state index in [-0.39, 0.29) is 0 Å². The van der Waals surface area contributed by atoms with Crippen LogP contribution >= 0.6 is 0 Å². The second-order valence-electron chi connectivity index (χ2n) is 4.87. The molecule has 0 unspecified atom stereocenters. The molecule has 1 nitrogen and oxygen atoms in total. The number of benzene rings is 2. The first-order valence-electron chi connectivity index (χ1n) is 6.91. The summed E-state index contributed by atoms with van der Waals surface area (Å²) in [4.78, 5) is 0. The summed E-state index contributed by atoms with van der Waals surface area (Å²) in [6, 6.07) is 12.1. The van der Waals surface area contributed by atoms with Crippen molar-refractivity contribution >= 4 is 0 Å². The van der Waals surface area contributed by atoms with Crippen LogP contribution in [0.4, 0.5) is 8.78 Å². The van der Waals surface area contributed by atoms with E-state index < -0.39 is 11.6 Å². The molecule has 0 atom stereocenters. The predicted octanol–water partition coefficient (Wildman–Crippen LogP) is 3.86. The molecule has 0 aromatic heterocycles. The number of nitrogens with one attached hydrogen (secondary N) is 1. The molecule has 2 aromatic rings. The third-order valence-corrected chi connectivity index (χ3v) is 3.27. The molecule has 1 N–H and O–H groups in total. The maximum atomic E-state index is 13.0. The van der Waals surface area contributed by atoms with E-state index in [1.165, 1.54) is 23.3 Å². The molecule has 0 fully saturated rings. The van der Waals surface area contributed by atoms with Crippen molar-refractivity contribution in [3.8, 4) is 0 Å². The minimum absolute atomic E-state index is 0.518. The molecular weight excluding hydrogens is 256 g/mol. The molecule has 0 aliphatic heterocycles. The summed E-state index contributed by atoms with van der Waals surface area (Å²) >= 11 is 0. The summed E-state index contributed by atoms with van der Waals surface area (Å²) in [6.45, 7) is 3.59. The summed E-state index contributed by atoms with van der Waals surface area (Å²) < 4.78 is 26.0. The Labute approximate surface area is 118 Å². The van der Waals surface area contributed by atoms with E-state index in [0.717, 1.165) is 19.0 Å². The quantitative estimate of drug-likeness (QED) is 0.789. The molecule has 0 saturated heterocycles. The Balaban J connectivity index is 1.78. The molecule has 0 amide bonds. The van der Waals surface area contributed by atoms with Crippen LogP contribution in [0.15, 0.2) is 42.5 Å². The number of rotatable bonds is 6. The van der Waals surface area contributed by atoms with Crippen molar-refractivity contribution in [3.63, 3.8) is 0 Å². The van der Waals surface area contributed by atoms with Crippen molar-refractivity contribution in [3.05, 3.63) is 70.8 Å². The smallest absolute Gasteiger partial charge is 0.126 e. The first-order valence-corrected chi connectivity index (χ1v) is 6.91. The van der Waals surface area contributed by atoms with Crippen LogP contribution in [0.3, 0.4) is 0 Å². The Morgan fingerprint density at radius 3 is 2.05 bits per heavy atom. The van der Waals surface area contributed by atoms with Crippen LogP contribution in [0.5, 0.6) is 0 Å². The number of hydrogen-bond acceptors (Lipinski definition) is 1.